The monoisotopic (exact) mass is 592 g/mol. The lowest BCUT2D eigenvalue weighted by molar-refractivity contribution is -0.140. The van der Waals surface area contributed by atoms with Crippen molar-refractivity contribution in [1.29, 1.82) is 0 Å². The first kappa shape index (κ1) is 28.1. The van der Waals surface area contributed by atoms with Crippen LogP contribution in [-0.4, -0.2) is 51.4 Å². The van der Waals surface area contributed by atoms with Crippen LogP contribution in [0.2, 0.25) is 0 Å². The zero-order chi connectivity index (χ0) is 29.5. The van der Waals surface area contributed by atoms with Gasteiger partial charge in [0, 0.05) is 0 Å². The molecule has 1 unspecified atom stereocenters. The Hall–Kier alpha value is -4.46. The summed E-state index contributed by atoms with van der Waals surface area (Å²) in [6, 6.07) is 6.05. The summed E-state index contributed by atoms with van der Waals surface area (Å²) in [5, 5.41) is 0. The number of aromatic nitrogens is 1. The third kappa shape index (κ3) is 4.99. The highest BCUT2D eigenvalue weighted by Gasteiger charge is 2.45. The summed E-state index contributed by atoms with van der Waals surface area (Å²) in [7, 11) is 4.29. The maximum atomic E-state index is 14.4. The molecule has 0 N–H and O–H groups in total. The Balaban J connectivity index is 1.79. The number of nitrogens with zero attached hydrogens (tertiary/aromatic N) is 2. The number of carbonyl (C=O) groups is 1. The van der Waals surface area contributed by atoms with E-state index in [1.807, 2.05) is 0 Å². The van der Waals surface area contributed by atoms with Gasteiger partial charge in [-0.2, -0.15) is 13.2 Å². The molecule has 0 saturated heterocycles. The van der Waals surface area contributed by atoms with Crippen molar-refractivity contribution in [2.45, 2.75) is 19.1 Å². The van der Waals surface area contributed by atoms with Gasteiger partial charge in [-0.05, 0) is 48.4 Å². The van der Waals surface area contributed by atoms with Gasteiger partial charge in [-0.1, -0.05) is 17.4 Å². The molecule has 0 fully saturated rings. The van der Waals surface area contributed by atoms with Crippen molar-refractivity contribution >= 4 is 23.4 Å². The number of rotatable bonds is 7. The number of carbonyl (C=O) groups excluding carboxylic acids is 1. The highest BCUT2D eigenvalue weighted by atomic mass is 32.1. The standard InChI is InChI=1S/C27H23F3N2O8S/c1-5-38-25(34)20-21(14-6-7-15-16(11-14)40-12-39-15)32-24(33)19(41-26(32)31-23(20)27(28,29)30)10-13-8-17(35-2)22(37-4)18(9-13)36-3/h6-11,21H,5,12H2,1-4H3/b19-10-. The van der Waals surface area contributed by atoms with Crippen LogP contribution in [0.5, 0.6) is 28.7 Å². The van der Waals surface area contributed by atoms with Crippen LogP contribution in [0.15, 0.2) is 51.4 Å². The molecular weight excluding hydrogens is 569 g/mol. The molecule has 1 aromatic heterocycles. The Bertz CT molecular complexity index is 1720. The molecule has 3 heterocycles. The number of esters is 1. The predicted octanol–water partition coefficient (Wildman–Crippen LogP) is 3.10. The Kier molecular flexibility index (Phi) is 7.43. The number of fused-ring (bicyclic) bond motifs is 2. The fraction of sp³-hybridized carbons (Fsp3) is 0.296. The smallest absolute Gasteiger partial charge is 0.434 e. The van der Waals surface area contributed by atoms with Crippen molar-refractivity contribution in [3.63, 3.8) is 0 Å². The van der Waals surface area contributed by atoms with Gasteiger partial charge >= 0.3 is 12.1 Å². The number of benzene rings is 2. The van der Waals surface area contributed by atoms with Crippen molar-refractivity contribution in [3.05, 3.63) is 72.4 Å². The summed E-state index contributed by atoms with van der Waals surface area (Å²) in [4.78, 5) is 30.4. The molecule has 0 saturated carbocycles. The normalized spacial score (nSPS) is 16.3. The van der Waals surface area contributed by atoms with Crippen LogP contribution >= 0.6 is 11.3 Å². The van der Waals surface area contributed by atoms with Gasteiger partial charge in [0.25, 0.3) is 5.56 Å². The van der Waals surface area contributed by atoms with E-state index in [0.29, 0.717) is 28.6 Å². The minimum atomic E-state index is -5.03. The minimum Gasteiger partial charge on any atom is -0.493 e. The molecular formula is C27H23F3N2O8S. The van der Waals surface area contributed by atoms with Crippen LogP contribution in [0.4, 0.5) is 13.2 Å². The predicted molar refractivity (Wildman–Crippen MR) is 139 cm³/mol. The average molecular weight is 593 g/mol. The van der Waals surface area contributed by atoms with E-state index in [1.54, 1.807) is 12.1 Å². The lowest BCUT2D eigenvalue weighted by Gasteiger charge is -2.26. The lowest BCUT2D eigenvalue weighted by atomic mass is 9.95. The van der Waals surface area contributed by atoms with Gasteiger partial charge in [-0.25, -0.2) is 9.79 Å². The van der Waals surface area contributed by atoms with Crippen LogP contribution in [0.3, 0.4) is 0 Å². The van der Waals surface area contributed by atoms with E-state index in [4.69, 9.17) is 28.4 Å². The number of halogens is 3. The molecule has 10 nitrogen and oxygen atoms in total. The second kappa shape index (κ2) is 10.8. The van der Waals surface area contributed by atoms with E-state index >= 15 is 0 Å². The zero-order valence-electron chi connectivity index (χ0n) is 22.2. The Morgan fingerprint density at radius 1 is 1.10 bits per heavy atom. The summed E-state index contributed by atoms with van der Waals surface area (Å²) in [5.41, 5.74) is -2.31. The number of allylic oxidation sites excluding steroid dienone is 1. The quantitative estimate of drug-likeness (QED) is 0.386. The Morgan fingerprint density at radius 3 is 2.39 bits per heavy atom. The first-order valence-corrected chi connectivity index (χ1v) is 12.9. The number of hydrogen-bond donors (Lipinski definition) is 0. The summed E-state index contributed by atoms with van der Waals surface area (Å²) >= 11 is 0.738. The van der Waals surface area contributed by atoms with Crippen LogP contribution in [-0.2, 0) is 9.53 Å². The number of hydrogen-bond acceptors (Lipinski definition) is 10. The fourth-order valence-electron chi connectivity index (χ4n) is 4.58. The molecule has 5 rings (SSSR count). The van der Waals surface area contributed by atoms with Gasteiger partial charge in [0.1, 0.15) is 0 Å². The molecule has 2 aromatic carbocycles. The van der Waals surface area contributed by atoms with Crippen molar-refractivity contribution in [1.82, 2.24) is 4.57 Å². The number of alkyl halides is 3. The third-order valence-electron chi connectivity index (χ3n) is 6.29. The molecule has 2 aliphatic rings. The first-order chi connectivity index (χ1) is 19.6. The second-order valence-electron chi connectivity index (χ2n) is 8.63. The Morgan fingerprint density at radius 2 is 1.78 bits per heavy atom. The van der Waals surface area contributed by atoms with Crippen LogP contribution < -0.4 is 38.6 Å². The average Bonchev–Trinajstić information content (AvgIpc) is 3.54. The molecule has 3 aromatic rings. The van der Waals surface area contributed by atoms with E-state index in [9.17, 15) is 22.8 Å². The molecule has 216 valence electrons. The summed E-state index contributed by atoms with van der Waals surface area (Å²) in [5.74, 6) is 0.341. The highest BCUT2D eigenvalue weighted by Crippen LogP contribution is 2.42. The fourth-order valence-corrected chi connectivity index (χ4v) is 5.58. The van der Waals surface area contributed by atoms with Gasteiger partial charge in [-0.15, -0.1) is 0 Å². The van der Waals surface area contributed by atoms with E-state index < -0.39 is 35.0 Å². The van der Waals surface area contributed by atoms with Crippen LogP contribution in [0.25, 0.3) is 6.08 Å². The maximum Gasteiger partial charge on any atom is 0.434 e. The largest absolute Gasteiger partial charge is 0.493 e. The van der Waals surface area contributed by atoms with Crippen molar-refractivity contribution < 1.29 is 46.4 Å². The second-order valence-corrected chi connectivity index (χ2v) is 9.64. The minimum absolute atomic E-state index is 0.0513. The van der Waals surface area contributed by atoms with Gasteiger partial charge < -0.3 is 28.4 Å². The molecule has 14 heteroatoms. The molecule has 0 spiro atoms. The summed E-state index contributed by atoms with van der Waals surface area (Å²) in [6.45, 7) is 1.20. The van der Waals surface area contributed by atoms with Crippen molar-refractivity contribution in [2.24, 2.45) is 4.99 Å². The van der Waals surface area contributed by atoms with Gasteiger partial charge in [0.05, 0.1) is 44.1 Å². The molecule has 2 aliphatic heterocycles. The maximum absolute atomic E-state index is 14.4. The third-order valence-corrected chi connectivity index (χ3v) is 7.28. The molecule has 0 bridgehead atoms. The lowest BCUT2D eigenvalue weighted by Crippen LogP contribution is -2.41. The number of ether oxygens (including phenoxy) is 6. The zero-order valence-corrected chi connectivity index (χ0v) is 23.0. The molecule has 0 radical (unpaired) electrons. The topological polar surface area (TPSA) is 107 Å². The SMILES string of the molecule is CCOC(=O)C1=C(C(F)(F)F)N=c2s/c(=C\c3cc(OC)c(OC)c(OC)c3)c(=O)n2C1c1ccc2c(c1)OCO2. The van der Waals surface area contributed by atoms with Crippen LogP contribution in [0.1, 0.15) is 24.1 Å². The number of methoxy groups -OCH3 is 3. The van der Waals surface area contributed by atoms with Gasteiger partial charge in [-0.3, -0.25) is 9.36 Å². The van der Waals surface area contributed by atoms with Crippen molar-refractivity contribution in [2.75, 3.05) is 34.7 Å². The molecule has 41 heavy (non-hydrogen) atoms. The number of thiazole rings is 1. The van der Waals surface area contributed by atoms with Gasteiger partial charge in [0.2, 0.25) is 12.5 Å². The highest BCUT2D eigenvalue weighted by molar-refractivity contribution is 7.07. The van der Waals surface area contributed by atoms with Crippen molar-refractivity contribution in [3.8, 4) is 28.7 Å². The molecule has 0 aliphatic carbocycles. The van der Waals surface area contributed by atoms with E-state index in [0.717, 1.165) is 15.9 Å². The van der Waals surface area contributed by atoms with E-state index in [2.05, 4.69) is 4.99 Å². The van der Waals surface area contributed by atoms with E-state index in [-0.39, 0.29) is 34.0 Å². The molecule has 1 atom stereocenters. The van der Waals surface area contributed by atoms with E-state index in [1.165, 1.54) is 52.5 Å². The first-order valence-electron chi connectivity index (χ1n) is 12.1. The van der Waals surface area contributed by atoms with Gasteiger partial charge in [0.15, 0.2) is 33.5 Å². The Labute approximate surface area is 234 Å². The summed E-state index contributed by atoms with van der Waals surface area (Å²) in [6.07, 6.45) is -3.56. The van der Waals surface area contributed by atoms with Crippen LogP contribution in [0, 0.1) is 0 Å². The summed E-state index contributed by atoms with van der Waals surface area (Å²) < 4.78 is 76.0. The molecule has 0 amide bonds.